The molecule has 0 saturated carbocycles. The Morgan fingerprint density at radius 2 is 1.74 bits per heavy atom. The molecule has 3 rings (SSSR count). The second-order valence-electron chi connectivity index (χ2n) is 7.58. The van der Waals surface area contributed by atoms with Crippen LogP contribution in [0.1, 0.15) is 43.7 Å². The number of methoxy groups -OCH3 is 1. The molecule has 2 fully saturated rings. The summed E-state index contributed by atoms with van der Waals surface area (Å²) in [6, 6.07) is 8.32. The lowest BCUT2D eigenvalue weighted by Crippen LogP contribution is -2.47. The summed E-state index contributed by atoms with van der Waals surface area (Å²) in [5.74, 6) is 0.996. The zero-order valence-electron chi connectivity index (χ0n) is 16.6. The van der Waals surface area contributed by atoms with E-state index in [2.05, 4.69) is 32.6 Å². The maximum atomic E-state index is 12.6. The minimum atomic E-state index is 0.113. The molecule has 0 radical (unpaired) electrons. The summed E-state index contributed by atoms with van der Waals surface area (Å²) < 4.78 is 5.30. The highest BCUT2D eigenvalue weighted by atomic mass is 16.5. The first kappa shape index (κ1) is 20.1. The van der Waals surface area contributed by atoms with Gasteiger partial charge in [0, 0.05) is 32.1 Å². The van der Waals surface area contributed by atoms with Crippen molar-refractivity contribution in [2.24, 2.45) is 0 Å². The SMILES string of the molecule is COc1ccc([C@@H]2CC(=O)NCCCNCCCCN3CCCN2C3)cc1. The topological polar surface area (TPSA) is 56.8 Å². The van der Waals surface area contributed by atoms with E-state index in [1.807, 2.05) is 12.1 Å². The summed E-state index contributed by atoms with van der Waals surface area (Å²) in [6.07, 6.45) is 5.09. The summed E-state index contributed by atoms with van der Waals surface area (Å²) in [6.45, 7) is 7.07. The molecule has 1 amide bonds. The smallest absolute Gasteiger partial charge is 0.221 e. The standard InChI is InChI=1S/C21H34N4O2/c1-27-19-8-6-18(7-9-19)20-16-21(26)23-12-4-11-22-10-2-3-13-24-14-5-15-25(20)17-24/h6-9,20,22H,2-5,10-17H2,1H3,(H,23,26)/t20-/m0/s1. The second-order valence-corrected chi connectivity index (χ2v) is 7.58. The van der Waals surface area contributed by atoms with Gasteiger partial charge in [0.1, 0.15) is 5.75 Å². The van der Waals surface area contributed by atoms with Crippen LogP contribution in [0.5, 0.6) is 5.75 Å². The van der Waals surface area contributed by atoms with Gasteiger partial charge < -0.3 is 15.4 Å². The average Bonchev–Trinajstić information content (AvgIpc) is 2.71. The average molecular weight is 375 g/mol. The third-order valence-electron chi connectivity index (χ3n) is 5.55. The molecule has 150 valence electrons. The Labute approximate surface area is 163 Å². The van der Waals surface area contributed by atoms with Gasteiger partial charge in [-0.2, -0.15) is 0 Å². The first-order valence-corrected chi connectivity index (χ1v) is 10.3. The van der Waals surface area contributed by atoms with Crippen molar-refractivity contribution < 1.29 is 9.53 Å². The van der Waals surface area contributed by atoms with Gasteiger partial charge in [-0.05, 0) is 63.0 Å². The summed E-state index contributed by atoms with van der Waals surface area (Å²) in [4.78, 5) is 17.6. The van der Waals surface area contributed by atoms with Crippen molar-refractivity contribution in [3.05, 3.63) is 29.8 Å². The number of carbonyl (C=O) groups is 1. The fourth-order valence-electron chi connectivity index (χ4n) is 4.02. The normalized spacial score (nSPS) is 28.5. The van der Waals surface area contributed by atoms with E-state index in [9.17, 15) is 4.79 Å². The van der Waals surface area contributed by atoms with Crippen LogP contribution in [0.2, 0.25) is 0 Å². The Morgan fingerprint density at radius 3 is 2.56 bits per heavy atom. The van der Waals surface area contributed by atoms with Crippen LogP contribution in [0.25, 0.3) is 0 Å². The van der Waals surface area contributed by atoms with Gasteiger partial charge >= 0.3 is 0 Å². The number of carbonyl (C=O) groups excluding carboxylic acids is 1. The van der Waals surface area contributed by atoms with Crippen molar-refractivity contribution in [3.63, 3.8) is 0 Å². The van der Waals surface area contributed by atoms with E-state index in [4.69, 9.17) is 4.74 Å². The molecule has 0 spiro atoms. The van der Waals surface area contributed by atoms with Crippen LogP contribution in [0.3, 0.4) is 0 Å². The largest absolute Gasteiger partial charge is 0.497 e. The van der Waals surface area contributed by atoms with Crippen LogP contribution in [-0.4, -0.2) is 68.8 Å². The van der Waals surface area contributed by atoms with Crippen LogP contribution >= 0.6 is 0 Å². The molecule has 6 heteroatoms. The van der Waals surface area contributed by atoms with Crippen molar-refractivity contribution >= 4 is 5.91 Å². The predicted molar refractivity (Wildman–Crippen MR) is 108 cm³/mol. The number of amides is 1. The highest BCUT2D eigenvalue weighted by Gasteiger charge is 2.27. The number of nitrogens with zero attached hydrogens (tertiary/aromatic N) is 2. The highest BCUT2D eigenvalue weighted by Crippen LogP contribution is 2.28. The quantitative estimate of drug-likeness (QED) is 0.829. The number of ether oxygens (including phenoxy) is 1. The van der Waals surface area contributed by atoms with E-state index in [0.29, 0.717) is 6.42 Å². The fraction of sp³-hybridized carbons (Fsp3) is 0.667. The van der Waals surface area contributed by atoms with Crippen molar-refractivity contribution in [1.29, 1.82) is 0 Å². The molecular formula is C21H34N4O2. The molecule has 2 heterocycles. The van der Waals surface area contributed by atoms with Gasteiger partial charge in [0.05, 0.1) is 13.8 Å². The molecule has 2 unspecified atom stereocenters. The summed E-state index contributed by atoms with van der Waals surface area (Å²) in [5, 5.41) is 6.58. The number of fused-ring (bicyclic) bond motifs is 2. The Kier molecular flexibility index (Phi) is 7.93. The van der Waals surface area contributed by atoms with Crippen LogP contribution in [0.15, 0.2) is 24.3 Å². The first-order chi connectivity index (χ1) is 13.3. The molecule has 2 N–H and O–H groups in total. The fourth-order valence-corrected chi connectivity index (χ4v) is 4.02. The Bertz CT molecular complexity index is 578. The highest BCUT2D eigenvalue weighted by molar-refractivity contribution is 5.76. The number of hydrogen-bond donors (Lipinski definition) is 2. The van der Waals surface area contributed by atoms with E-state index in [1.165, 1.54) is 18.4 Å². The molecule has 2 bridgehead atoms. The molecular weight excluding hydrogens is 340 g/mol. The van der Waals surface area contributed by atoms with E-state index in [1.54, 1.807) is 7.11 Å². The van der Waals surface area contributed by atoms with E-state index < -0.39 is 0 Å². The lowest BCUT2D eigenvalue weighted by Gasteiger charge is -2.40. The maximum absolute atomic E-state index is 12.6. The molecule has 27 heavy (non-hydrogen) atoms. The van der Waals surface area contributed by atoms with Crippen molar-refractivity contribution in [1.82, 2.24) is 20.4 Å². The Morgan fingerprint density at radius 1 is 0.963 bits per heavy atom. The van der Waals surface area contributed by atoms with Gasteiger partial charge in [-0.25, -0.2) is 0 Å². The molecule has 0 aliphatic carbocycles. The summed E-state index contributed by atoms with van der Waals surface area (Å²) in [5.41, 5.74) is 1.19. The molecule has 2 aliphatic heterocycles. The first-order valence-electron chi connectivity index (χ1n) is 10.3. The second kappa shape index (κ2) is 10.6. The molecule has 0 aromatic heterocycles. The maximum Gasteiger partial charge on any atom is 0.221 e. The van der Waals surface area contributed by atoms with Gasteiger partial charge in [0.15, 0.2) is 0 Å². The Balaban J connectivity index is 1.75. The van der Waals surface area contributed by atoms with E-state index >= 15 is 0 Å². The zero-order valence-corrected chi connectivity index (χ0v) is 16.6. The molecule has 6 nitrogen and oxygen atoms in total. The van der Waals surface area contributed by atoms with Crippen LogP contribution < -0.4 is 15.4 Å². The predicted octanol–water partition coefficient (Wildman–Crippen LogP) is 1.98. The lowest BCUT2D eigenvalue weighted by molar-refractivity contribution is -0.122. The summed E-state index contributed by atoms with van der Waals surface area (Å²) in [7, 11) is 1.68. The minimum absolute atomic E-state index is 0.113. The summed E-state index contributed by atoms with van der Waals surface area (Å²) >= 11 is 0. The van der Waals surface area contributed by atoms with Gasteiger partial charge in [0.25, 0.3) is 0 Å². The minimum Gasteiger partial charge on any atom is -0.497 e. The van der Waals surface area contributed by atoms with Crippen LogP contribution in [0.4, 0.5) is 0 Å². The van der Waals surface area contributed by atoms with Crippen molar-refractivity contribution in [2.45, 2.75) is 38.1 Å². The molecule has 2 aliphatic rings. The number of hydrogen-bond acceptors (Lipinski definition) is 5. The van der Waals surface area contributed by atoms with Gasteiger partial charge in [0.2, 0.25) is 5.91 Å². The molecule has 1 aromatic carbocycles. The van der Waals surface area contributed by atoms with Crippen LogP contribution in [0, 0.1) is 0 Å². The third kappa shape index (κ3) is 6.19. The van der Waals surface area contributed by atoms with Gasteiger partial charge in [-0.1, -0.05) is 12.1 Å². The zero-order chi connectivity index (χ0) is 18.9. The Hall–Kier alpha value is -1.63. The van der Waals surface area contributed by atoms with E-state index in [0.717, 1.165) is 64.5 Å². The monoisotopic (exact) mass is 374 g/mol. The van der Waals surface area contributed by atoms with Gasteiger partial charge in [-0.3, -0.25) is 14.6 Å². The van der Waals surface area contributed by atoms with Crippen LogP contribution in [-0.2, 0) is 4.79 Å². The van der Waals surface area contributed by atoms with Crippen molar-refractivity contribution in [2.75, 3.05) is 53.0 Å². The molecule has 3 atom stereocenters. The number of nitrogens with one attached hydrogen (secondary N) is 2. The molecule has 2 saturated heterocycles. The lowest BCUT2D eigenvalue weighted by atomic mass is 10.0. The third-order valence-corrected chi connectivity index (χ3v) is 5.55. The van der Waals surface area contributed by atoms with Crippen molar-refractivity contribution in [3.8, 4) is 5.75 Å². The number of rotatable bonds is 2. The number of benzene rings is 1. The van der Waals surface area contributed by atoms with Gasteiger partial charge in [-0.15, -0.1) is 0 Å². The van der Waals surface area contributed by atoms with E-state index in [-0.39, 0.29) is 11.9 Å². The molecule has 1 aromatic rings.